The number of ether oxygens (including phenoxy) is 2. The predicted octanol–water partition coefficient (Wildman–Crippen LogP) is 4.89. The number of carbonyl (C=O) groups is 1. The molecule has 32 heavy (non-hydrogen) atoms. The number of pyridine rings is 1. The van der Waals surface area contributed by atoms with E-state index in [9.17, 15) is 4.79 Å². The number of hydrogen-bond donors (Lipinski definition) is 0. The van der Waals surface area contributed by atoms with Crippen molar-refractivity contribution in [2.75, 3.05) is 25.2 Å². The average molecular weight is 425 g/mol. The fourth-order valence-corrected chi connectivity index (χ4v) is 4.08. The molecule has 0 atom stereocenters. The third kappa shape index (κ3) is 3.39. The van der Waals surface area contributed by atoms with Crippen LogP contribution in [0.4, 0.5) is 5.82 Å². The largest absolute Gasteiger partial charge is 0.497 e. The lowest BCUT2D eigenvalue weighted by Crippen LogP contribution is -2.32. The topological polar surface area (TPSA) is 56.1 Å². The zero-order valence-electron chi connectivity index (χ0n) is 18.0. The van der Waals surface area contributed by atoms with Crippen LogP contribution in [0.2, 0.25) is 0 Å². The number of rotatable bonds is 6. The van der Waals surface area contributed by atoms with E-state index in [0.29, 0.717) is 6.61 Å². The quantitative estimate of drug-likeness (QED) is 0.412. The Labute approximate surface area is 186 Å². The van der Waals surface area contributed by atoms with Gasteiger partial charge in [0.05, 0.1) is 25.1 Å². The first-order valence-electron chi connectivity index (χ1n) is 10.6. The first kappa shape index (κ1) is 19.9. The van der Waals surface area contributed by atoms with Gasteiger partial charge in [-0.1, -0.05) is 36.4 Å². The molecular weight excluding hydrogens is 402 g/mol. The van der Waals surface area contributed by atoms with E-state index in [2.05, 4.69) is 16.5 Å². The van der Waals surface area contributed by atoms with E-state index in [1.165, 1.54) is 0 Å². The van der Waals surface area contributed by atoms with E-state index >= 15 is 0 Å². The molecule has 6 nitrogen and oxygen atoms in total. The molecule has 0 aliphatic carbocycles. The molecule has 0 saturated carbocycles. The summed E-state index contributed by atoms with van der Waals surface area (Å²) >= 11 is 0. The lowest BCUT2D eigenvalue weighted by molar-refractivity contribution is -0.141. The van der Waals surface area contributed by atoms with Crippen LogP contribution in [0, 0.1) is 0 Å². The second-order valence-electron chi connectivity index (χ2n) is 7.44. The van der Waals surface area contributed by atoms with Crippen LogP contribution < -0.4 is 9.64 Å². The highest BCUT2D eigenvalue weighted by Crippen LogP contribution is 2.40. The summed E-state index contributed by atoms with van der Waals surface area (Å²) in [6, 6.07) is 23.9. The Morgan fingerprint density at radius 1 is 0.938 bits per heavy atom. The number of esters is 1. The molecule has 0 saturated heterocycles. The molecule has 0 radical (unpaired) electrons. The van der Waals surface area contributed by atoms with Gasteiger partial charge < -0.3 is 14.4 Å². The molecule has 0 amide bonds. The van der Waals surface area contributed by atoms with Gasteiger partial charge in [-0.2, -0.15) is 0 Å². The monoisotopic (exact) mass is 425 g/mol. The molecule has 0 bridgehead atoms. The summed E-state index contributed by atoms with van der Waals surface area (Å²) in [6.45, 7) is 2.22. The zero-order chi connectivity index (χ0) is 22.1. The molecule has 1 aliphatic rings. The Kier molecular flexibility index (Phi) is 5.11. The summed E-state index contributed by atoms with van der Waals surface area (Å²) in [5.74, 6) is 1.34. The molecule has 0 unspecified atom stereocenters. The maximum absolute atomic E-state index is 12.6. The third-order valence-corrected chi connectivity index (χ3v) is 5.51. The molecule has 2 aromatic carbocycles. The minimum absolute atomic E-state index is 0.0770. The van der Waals surface area contributed by atoms with Gasteiger partial charge in [-0.25, -0.2) is 4.98 Å². The van der Waals surface area contributed by atoms with Gasteiger partial charge >= 0.3 is 5.97 Å². The maximum Gasteiger partial charge on any atom is 0.326 e. The van der Waals surface area contributed by atoms with Gasteiger partial charge in [0.15, 0.2) is 0 Å². The van der Waals surface area contributed by atoms with Crippen LogP contribution in [-0.2, 0) is 9.53 Å². The molecule has 5 rings (SSSR count). The highest BCUT2D eigenvalue weighted by molar-refractivity contribution is 5.99. The summed E-state index contributed by atoms with van der Waals surface area (Å²) in [5, 5.41) is 0. The number of hydrogen-bond acceptors (Lipinski definition) is 5. The van der Waals surface area contributed by atoms with Crippen molar-refractivity contribution >= 4 is 29.2 Å². The second kappa shape index (κ2) is 8.23. The summed E-state index contributed by atoms with van der Waals surface area (Å²) < 4.78 is 12.7. The van der Waals surface area contributed by atoms with E-state index < -0.39 is 0 Å². The number of imidazole rings is 1. The van der Waals surface area contributed by atoms with Gasteiger partial charge in [-0.3, -0.25) is 9.20 Å². The Balaban J connectivity index is 1.73. The minimum Gasteiger partial charge on any atom is -0.497 e. The van der Waals surface area contributed by atoms with E-state index in [1.54, 1.807) is 7.11 Å². The van der Waals surface area contributed by atoms with E-state index in [-0.39, 0.29) is 12.5 Å². The first-order valence-corrected chi connectivity index (χ1v) is 10.6. The highest BCUT2D eigenvalue weighted by atomic mass is 16.5. The Hall–Kier alpha value is -4.06. The van der Waals surface area contributed by atoms with Gasteiger partial charge in [0.2, 0.25) is 0 Å². The van der Waals surface area contributed by atoms with Crippen LogP contribution in [0.1, 0.15) is 18.2 Å². The van der Waals surface area contributed by atoms with Crippen LogP contribution >= 0.6 is 0 Å². The molecule has 4 aromatic rings. The Bertz CT molecular complexity index is 1310. The Morgan fingerprint density at radius 2 is 1.72 bits per heavy atom. The number of nitrogens with zero attached hydrogens (tertiary/aromatic N) is 3. The SMILES string of the molecule is CCOC(=O)CN1C(c2ccc(OC)cc2)=Cc2cccc3nc(-c4ccccc4)c1n23. The molecule has 2 aromatic heterocycles. The Morgan fingerprint density at radius 3 is 2.44 bits per heavy atom. The minimum atomic E-state index is -0.291. The number of carbonyl (C=O) groups excluding carboxylic acids is 1. The summed E-state index contributed by atoms with van der Waals surface area (Å²) in [7, 11) is 1.65. The number of benzene rings is 2. The molecule has 0 N–H and O–H groups in total. The molecule has 0 spiro atoms. The fraction of sp³-hybridized carbons (Fsp3) is 0.154. The van der Waals surface area contributed by atoms with E-state index in [0.717, 1.165) is 45.4 Å². The lowest BCUT2D eigenvalue weighted by Gasteiger charge is -2.31. The summed E-state index contributed by atoms with van der Waals surface area (Å²) in [6.07, 6.45) is 2.08. The molecule has 160 valence electrons. The van der Waals surface area contributed by atoms with Crippen LogP contribution in [-0.4, -0.2) is 35.6 Å². The van der Waals surface area contributed by atoms with Crippen LogP contribution in [0.3, 0.4) is 0 Å². The molecule has 1 aliphatic heterocycles. The van der Waals surface area contributed by atoms with Gasteiger partial charge in [-0.15, -0.1) is 0 Å². The third-order valence-electron chi connectivity index (χ3n) is 5.51. The van der Waals surface area contributed by atoms with Crippen molar-refractivity contribution in [2.45, 2.75) is 6.92 Å². The van der Waals surface area contributed by atoms with Crippen molar-refractivity contribution in [1.82, 2.24) is 9.38 Å². The van der Waals surface area contributed by atoms with Crippen molar-refractivity contribution < 1.29 is 14.3 Å². The standard InChI is InChI=1S/C26H23N3O3/c1-3-32-24(30)17-28-22(18-12-14-21(31-2)15-13-18)16-20-10-7-11-23-27-25(26(28)29(20)23)19-8-5-4-6-9-19/h4-16H,3,17H2,1-2H3. The summed E-state index contributed by atoms with van der Waals surface area (Å²) in [4.78, 5) is 19.6. The van der Waals surface area contributed by atoms with E-state index in [4.69, 9.17) is 14.5 Å². The second-order valence-corrected chi connectivity index (χ2v) is 7.44. The van der Waals surface area contributed by atoms with Gasteiger partial charge in [0, 0.05) is 5.56 Å². The maximum atomic E-state index is 12.6. The first-order chi connectivity index (χ1) is 15.7. The van der Waals surface area contributed by atoms with Crippen molar-refractivity contribution in [3.05, 3.63) is 84.1 Å². The molecular formula is C26H23N3O3. The number of anilines is 1. The van der Waals surface area contributed by atoms with Crippen molar-refractivity contribution in [3.8, 4) is 17.0 Å². The molecule has 0 fully saturated rings. The molecule has 6 heteroatoms. The number of aromatic nitrogens is 2. The smallest absolute Gasteiger partial charge is 0.326 e. The van der Waals surface area contributed by atoms with Crippen LogP contribution in [0.15, 0.2) is 72.8 Å². The molecule has 3 heterocycles. The average Bonchev–Trinajstić information content (AvgIpc) is 3.23. The van der Waals surface area contributed by atoms with Gasteiger partial charge in [0.25, 0.3) is 0 Å². The van der Waals surface area contributed by atoms with Crippen molar-refractivity contribution in [3.63, 3.8) is 0 Å². The van der Waals surface area contributed by atoms with E-state index in [1.807, 2.05) is 78.6 Å². The van der Waals surface area contributed by atoms with Crippen molar-refractivity contribution in [1.29, 1.82) is 0 Å². The zero-order valence-corrected chi connectivity index (χ0v) is 18.0. The fourth-order valence-electron chi connectivity index (χ4n) is 4.08. The lowest BCUT2D eigenvalue weighted by atomic mass is 10.1. The van der Waals surface area contributed by atoms with Crippen LogP contribution in [0.25, 0.3) is 28.7 Å². The predicted molar refractivity (Wildman–Crippen MR) is 125 cm³/mol. The number of methoxy groups -OCH3 is 1. The summed E-state index contributed by atoms with van der Waals surface area (Å²) in [5.41, 5.74) is 5.51. The van der Waals surface area contributed by atoms with Gasteiger partial charge in [-0.05, 0) is 55.0 Å². The normalized spacial score (nSPS) is 12.6. The van der Waals surface area contributed by atoms with Crippen LogP contribution in [0.5, 0.6) is 5.75 Å². The highest BCUT2D eigenvalue weighted by Gasteiger charge is 2.30. The van der Waals surface area contributed by atoms with Crippen molar-refractivity contribution in [2.24, 2.45) is 0 Å². The van der Waals surface area contributed by atoms with Gasteiger partial charge in [0.1, 0.15) is 29.5 Å².